The van der Waals surface area contributed by atoms with Crippen molar-refractivity contribution in [3.05, 3.63) is 75.5 Å². The maximum Gasteiger partial charge on any atom is 0.337 e. The number of carbonyl (C=O) groups excluding carboxylic acids is 1. The number of hydrogen-bond donors (Lipinski definition) is 2. The molecule has 0 fully saturated rings. The summed E-state index contributed by atoms with van der Waals surface area (Å²) < 4.78 is 2.07. The van der Waals surface area contributed by atoms with Gasteiger partial charge < -0.3 is 15.4 Å². The number of carboxylic acid groups (broad SMARTS) is 1. The average Bonchev–Trinajstić information content (AvgIpc) is 3.37. The average molecular weight is 424 g/mol. The predicted octanol–water partition coefficient (Wildman–Crippen LogP) is 4.45. The van der Waals surface area contributed by atoms with E-state index in [0.717, 1.165) is 36.3 Å². The van der Waals surface area contributed by atoms with Crippen LogP contribution >= 0.6 is 11.3 Å². The fourth-order valence-corrected chi connectivity index (χ4v) is 4.20. The molecule has 156 valence electrons. The summed E-state index contributed by atoms with van der Waals surface area (Å²) in [6.45, 7) is 4.49. The molecular weight excluding hydrogens is 398 g/mol. The summed E-state index contributed by atoms with van der Waals surface area (Å²) in [5, 5.41) is 11.7. The molecule has 0 aliphatic carbocycles. The molecule has 1 amide bonds. The Hall–Kier alpha value is -3.19. The first kappa shape index (κ1) is 21.5. The number of aryl methyl sites for hydroxylation is 1. The number of nitrogens with zero attached hydrogens (tertiary/aromatic N) is 2. The molecule has 30 heavy (non-hydrogen) atoms. The zero-order valence-corrected chi connectivity index (χ0v) is 17.9. The summed E-state index contributed by atoms with van der Waals surface area (Å²) in [5.74, 6) is -0.501. The van der Waals surface area contributed by atoms with Gasteiger partial charge in [-0.05, 0) is 48.1 Å². The van der Waals surface area contributed by atoms with Crippen LogP contribution < -0.4 is 5.73 Å². The molecule has 3 N–H and O–H groups in total. The number of amides is 1. The highest BCUT2D eigenvalue weighted by molar-refractivity contribution is 7.11. The molecule has 0 aliphatic heterocycles. The highest BCUT2D eigenvalue weighted by atomic mass is 32.1. The van der Waals surface area contributed by atoms with Crippen LogP contribution in [0, 0.1) is 0 Å². The number of primary amides is 1. The Morgan fingerprint density at radius 2 is 1.93 bits per heavy atom. The molecule has 0 atom stereocenters. The normalized spacial score (nSPS) is 11.9. The maximum absolute atomic E-state index is 12.0. The van der Waals surface area contributed by atoms with Crippen LogP contribution in [0.25, 0.3) is 11.1 Å². The fourth-order valence-electron chi connectivity index (χ4n) is 3.38. The largest absolute Gasteiger partial charge is 0.478 e. The SMILES string of the molecule is CCCCc1ncc(/C(C)=C(\C(=O)O)c2cccs2)n1Cc1ccc(C(N)=O)cc1. The van der Waals surface area contributed by atoms with Crippen LogP contribution in [0.5, 0.6) is 0 Å². The Balaban J connectivity index is 2.06. The molecule has 1 aromatic carbocycles. The van der Waals surface area contributed by atoms with E-state index < -0.39 is 11.9 Å². The number of carboxylic acids is 1. The van der Waals surface area contributed by atoms with E-state index in [0.29, 0.717) is 22.6 Å². The third-order valence-electron chi connectivity index (χ3n) is 5.01. The van der Waals surface area contributed by atoms with Gasteiger partial charge in [-0.1, -0.05) is 31.5 Å². The number of aromatic nitrogens is 2. The summed E-state index contributed by atoms with van der Waals surface area (Å²) in [4.78, 5) is 28.7. The molecule has 0 radical (unpaired) electrons. The van der Waals surface area contributed by atoms with Crippen molar-refractivity contribution in [2.24, 2.45) is 5.73 Å². The zero-order chi connectivity index (χ0) is 21.7. The number of aliphatic carboxylic acids is 1. The summed E-state index contributed by atoms with van der Waals surface area (Å²) in [6, 6.07) is 10.8. The van der Waals surface area contributed by atoms with Crippen molar-refractivity contribution in [2.45, 2.75) is 39.7 Å². The fraction of sp³-hybridized carbons (Fsp3) is 0.261. The molecule has 7 heteroatoms. The molecule has 0 saturated heterocycles. The molecule has 3 aromatic rings. The van der Waals surface area contributed by atoms with E-state index in [1.54, 1.807) is 18.3 Å². The zero-order valence-electron chi connectivity index (χ0n) is 17.1. The van der Waals surface area contributed by atoms with Crippen LogP contribution in [0.2, 0.25) is 0 Å². The van der Waals surface area contributed by atoms with Crippen molar-refractivity contribution in [3.8, 4) is 0 Å². The lowest BCUT2D eigenvalue weighted by atomic mass is 10.0. The molecule has 2 heterocycles. The second kappa shape index (κ2) is 9.54. The minimum atomic E-state index is -0.955. The lowest BCUT2D eigenvalue weighted by Crippen LogP contribution is -2.12. The molecule has 0 bridgehead atoms. The molecule has 0 unspecified atom stereocenters. The highest BCUT2D eigenvalue weighted by Crippen LogP contribution is 2.30. The second-order valence-electron chi connectivity index (χ2n) is 7.09. The van der Waals surface area contributed by atoms with Crippen molar-refractivity contribution >= 4 is 34.4 Å². The van der Waals surface area contributed by atoms with Gasteiger partial charge in [-0.25, -0.2) is 9.78 Å². The summed E-state index contributed by atoms with van der Waals surface area (Å²) >= 11 is 1.41. The maximum atomic E-state index is 12.0. The molecule has 0 saturated carbocycles. The van der Waals surface area contributed by atoms with Crippen molar-refractivity contribution in [2.75, 3.05) is 0 Å². The van der Waals surface area contributed by atoms with Gasteiger partial charge in [0.2, 0.25) is 5.91 Å². The van der Waals surface area contributed by atoms with Crippen molar-refractivity contribution in [1.29, 1.82) is 0 Å². The van der Waals surface area contributed by atoms with E-state index in [9.17, 15) is 14.7 Å². The van der Waals surface area contributed by atoms with Gasteiger partial charge in [0.1, 0.15) is 5.82 Å². The second-order valence-corrected chi connectivity index (χ2v) is 8.04. The van der Waals surface area contributed by atoms with Gasteiger partial charge in [0, 0.05) is 23.4 Å². The smallest absolute Gasteiger partial charge is 0.337 e. The molecule has 3 rings (SSSR count). The highest BCUT2D eigenvalue weighted by Gasteiger charge is 2.20. The first-order chi connectivity index (χ1) is 14.4. The van der Waals surface area contributed by atoms with Gasteiger partial charge in [0.05, 0.1) is 17.5 Å². The number of nitrogens with two attached hydrogens (primary N) is 1. The number of thiophene rings is 1. The van der Waals surface area contributed by atoms with Gasteiger partial charge in [0.25, 0.3) is 0 Å². The van der Waals surface area contributed by atoms with Crippen LogP contribution in [-0.2, 0) is 17.8 Å². The minimum absolute atomic E-state index is 0.289. The quantitative estimate of drug-likeness (QED) is 0.497. The van der Waals surface area contributed by atoms with Crippen LogP contribution in [0.15, 0.2) is 48.0 Å². The van der Waals surface area contributed by atoms with Gasteiger partial charge >= 0.3 is 5.97 Å². The number of unbranched alkanes of at least 4 members (excludes halogenated alkanes) is 1. The number of allylic oxidation sites excluding steroid dienone is 1. The van der Waals surface area contributed by atoms with Gasteiger partial charge in [-0.2, -0.15) is 0 Å². The summed E-state index contributed by atoms with van der Waals surface area (Å²) in [7, 11) is 0. The Morgan fingerprint density at radius 1 is 1.20 bits per heavy atom. The van der Waals surface area contributed by atoms with Crippen LogP contribution in [0.4, 0.5) is 0 Å². The number of hydrogen-bond acceptors (Lipinski definition) is 4. The third kappa shape index (κ3) is 4.68. The molecular formula is C23H25N3O3S. The molecule has 0 aliphatic rings. The molecule has 0 spiro atoms. The van der Waals surface area contributed by atoms with E-state index in [1.165, 1.54) is 11.3 Å². The molecule has 2 aromatic heterocycles. The lowest BCUT2D eigenvalue weighted by molar-refractivity contribution is -0.130. The van der Waals surface area contributed by atoms with Crippen LogP contribution in [0.3, 0.4) is 0 Å². The van der Waals surface area contributed by atoms with Gasteiger partial charge in [0.15, 0.2) is 0 Å². The Kier molecular flexibility index (Phi) is 6.84. The number of carbonyl (C=O) groups is 2. The molecule has 6 nitrogen and oxygen atoms in total. The van der Waals surface area contributed by atoms with Crippen LogP contribution in [-0.4, -0.2) is 26.5 Å². The van der Waals surface area contributed by atoms with Crippen molar-refractivity contribution in [1.82, 2.24) is 9.55 Å². The van der Waals surface area contributed by atoms with E-state index in [4.69, 9.17) is 5.73 Å². The van der Waals surface area contributed by atoms with Crippen molar-refractivity contribution in [3.63, 3.8) is 0 Å². The van der Waals surface area contributed by atoms with E-state index >= 15 is 0 Å². The standard InChI is InChI=1S/C23H25N3O3S/c1-3-4-7-20-25-13-18(15(2)21(23(28)29)19-6-5-12-30-19)26(20)14-16-8-10-17(11-9-16)22(24)27/h5-6,8-13H,3-4,7,14H2,1-2H3,(H2,24,27)(H,28,29)/b21-15-. The Morgan fingerprint density at radius 3 is 2.50 bits per heavy atom. The van der Waals surface area contributed by atoms with Crippen LogP contribution in [0.1, 0.15) is 59.0 Å². The van der Waals surface area contributed by atoms with Gasteiger partial charge in [-0.15, -0.1) is 11.3 Å². The third-order valence-corrected chi connectivity index (χ3v) is 5.90. The van der Waals surface area contributed by atoms with Gasteiger partial charge in [-0.3, -0.25) is 4.79 Å². The van der Waals surface area contributed by atoms with E-state index in [1.807, 2.05) is 36.6 Å². The number of rotatable bonds is 9. The predicted molar refractivity (Wildman–Crippen MR) is 119 cm³/mol. The Bertz CT molecular complexity index is 1060. The topological polar surface area (TPSA) is 98.2 Å². The summed E-state index contributed by atoms with van der Waals surface area (Å²) in [6.07, 6.45) is 4.61. The number of imidazole rings is 1. The van der Waals surface area contributed by atoms with Crippen molar-refractivity contribution < 1.29 is 14.7 Å². The lowest BCUT2D eigenvalue weighted by Gasteiger charge is -2.14. The first-order valence-corrected chi connectivity index (χ1v) is 10.7. The van der Waals surface area contributed by atoms with E-state index in [2.05, 4.69) is 16.5 Å². The summed E-state index contributed by atoms with van der Waals surface area (Å²) in [5.41, 5.74) is 8.52. The minimum Gasteiger partial charge on any atom is -0.478 e. The monoisotopic (exact) mass is 423 g/mol. The Labute approximate surface area is 179 Å². The number of benzene rings is 1. The first-order valence-electron chi connectivity index (χ1n) is 9.84. The van der Waals surface area contributed by atoms with E-state index in [-0.39, 0.29) is 5.57 Å².